The van der Waals surface area contributed by atoms with Crippen molar-refractivity contribution in [2.24, 2.45) is 11.1 Å². The van der Waals surface area contributed by atoms with Crippen LogP contribution in [-0.2, 0) is 14.4 Å². The number of pyridine rings is 2. The predicted octanol–water partition coefficient (Wildman–Crippen LogP) is 1.83. The first-order chi connectivity index (χ1) is 15.6. The zero-order chi connectivity index (χ0) is 23.9. The van der Waals surface area contributed by atoms with Gasteiger partial charge in [-0.3, -0.25) is 24.8 Å². The van der Waals surface area contributed by atoms with Gasteiger partial charge in [-0.25, -0.2) is 4.98 Å². The molecule has 11 heteroatoms. The third kappa shape index (κ3) is 4.58. The van der Waals surface area contributed by atoms with Gasteiger partial charge in [0.1, 0.15) is 22.2 Å². The molecule has 3 atom stereocenters. The molecule has 0 bridgehead atoms. The molecule has 0 spiro atoms. The summed E-state index contributed by atoms with van der Waals surface area (Å²) in [7, 11) is 0. The Hall–Kier alpha value is -3.34. The summed E-state index contributed by atoms with van der Waals surface area (Å²) >= 11 is 3.28. The molecule has 1 unspecified atom stereocenters. The molecular weight excluding hydrogens is 490 g/mol. The van der Waals surface area contributed by atoms with E-state index >= 15 is 0 Å². The van der Waals surface area contributed by atoms with Crippen molar-refractivity contribution < 1.29 is 14.4 Å². The molecule has 4 rings (SSSR count). The van der Waals surface area contributed by atoms with Gasteiger partial charge in [-0.1, -0.05) is 13.0 Å². The molecule has 2 aliphatic rings. The van der Waals surface area contributed by atoms with Crippen molar-refractivity contribution in [3.8, 4) is 0 Å². The lowest BCUT2D eigenvalue weighted by Crippen LogP contribution is -2.47. The van der Waals surface area contributed by atoms with Gasteiger partial charge in [-0.05, 0) is 59.3 Å². The zero-order valence-corrected chi connectivity index (χ0v) is 19.8. The molecule has 3 amide bonds. The second-order valence-electron chi connectivity index (χ2n) is 8.69. The Bertz CT molecular complexity index is 1170. The molecule has 2 aromatic rings. The van der Waals surface area contributed by atoms with E-state index in [1.807, 2.05) is 0 Å². The fourth-order valence-electron chi connectivity index (χ4n) is 4.35. The van der Waals surface area contributed by atoms with Crippen molar-refractivity contribution in [2.45, 2.75) is 38.8 Å². The van der Waals surface area contributed by atoms with Crippen LogP contribution in [0.2, 0.25) is 0 Å². The minimum Gasteiger partial charge on any atom is -0.374 e. The fraction of sp³-hybridized carbons (Fsp3) is 0.364. The van der Waals surface area contributed by atoms with Crippen LogP contribution >= 0.6 is 15.9 Å². The van der Waals surface area contributed by atoms with Crippen LogP contribution in [0.1, 0.15) is 31.0 Å². The molecule has 172 valence electrons. The summed E-state index contributed by atoms with van der Waals surface area (Å²) in [6.07, 6.45) is 2.89. The Morgan fingerprint density at radius 3 is 2.79 bits per heavy atom. The molecule has 1 saturated heterocycles. The van der Waals surface area contributed by atoms with Gasteiger partial charge in [0.05, 0.1) is 18.4 Å². The van der Waals surface area contributed by atoms with Crippen molar-refractivity contribution >= 4 is 50.9 Å². The van der Waals surface area contributed by atoms with Gasteiger partial charge >= 0.3 is 0 Å². The molecule has 2 aromatic heterocycles. The highest BCUT2D eigenvalue weighted by molar-refractivity contribution is 9.10. The van der Waals surface area contributed by atoms with E-state index in [1.54, 1.807) is 36.1 Å². The van der Waals surface area contributed by atoms with Gasteiger partial charge in [0.25, 0.3) is 5.91 Å². The normalized spacial score (nSPS) is 22.9. The first kappa shape index (κ1) is 22.8. The largest absolute Gasteiger partial charge is 0.374 e. The first-order valence-corrected chi connectivity index (χ1v) is 11.2. The van der Waals surface area contributed by atoms with Crippen molar-refractivity contribution in [1.82, 2.24) is 14.9 Å². The number of likely N-dealkylation sites (tertiary alicyclic amines) is 1. The van der Waals surface area contributed by atoms with Crippen molar-refractivity contribution in [1.29, 1.82) is 5.41 Å². The van der Waals surface area contributed by atoms with Crippen LogP contribution in [-0.4, -0.2) is 56.9 Å². The summed E-state index contributed by atoms with van der Waals surface area (Å²) in [5.74, 6) is -0.997. The maximum Gasteiger partial charge on any atom is 0.267 e. The molecule has 1 aliphatic heterocycles. The average Bonchev–Trinajstić information content (AvgIpc) is 3.32. The summed E-state index contributed by atoms with van der Waals surface area (Å²) in [4.78, 5) is 47.8. The van der Waals surface area contributed by atoms with Gasteiger partial charge < -0.3 is 21.3 Å². The standard InChI is InChI=1S/C22H24BrN7O3/c1-11-6-12(19(24)20(25)32)13(9-26-11)27-10-18(31)30-14(7-22(2)8-15(22)30)21(33)29-17-5-3-4-16(23)28-17/h3-6,9,14-15,24,27H,7-8,10H2,1-2H3,(H2,25,32)(H,28,29,33)/t14-,15?,22-/m0/s1. The second-order valence-corrected chi connectivity index (χ2v) is 9.51. The predicted molar refractivity (Wildman–Crippen MR) is 126 cm³/mol. The van der Waals surface area contributed by atoms with Crippen molar-refractivity contribution in [3.05, 3.63) is 46.3 Å². The van der Waals surface area contributed by atoms with Gasteiger partial charge in [0.2, 0.25) is 11.8 Å². The number of nitrogens with two attached hydrogens (primary N) is 1. The number of aromatic nitrogens is 2. The molecule has 2 fully saturated rings. The maximum atomic E-state index is 13.2. The zero-order valence-electron chi connectivity index (χ0n) is 18.2. The number of carbonyl (C=O) groups excluding carboxylic acids is 3. The van der Waals surface area contributed by atoms with E-state index < -0.39 is 11.9 Å². The molecule has 33 heavy (non-hydrogen) atoms. The molecule has 3 heterocycles. The molecule has 1 saturated carbocycles. The number of fused-ring (bicyclic) bond motifs is 1. The third-order valence-electron chi connectivity index (χ3n) is 6.18. The minimum absolute atomic E-state index is 0.00227. The number of nitrogens with one attached hydrogen (secondary N) is 3. The van der Waals surface area contributed by atoms with Crippen LogP contribution in [0.3, 0.4) is 0 Å². The molecule has 10 nitrogen and oxygen atoms in total. The first-order valence-electron chi connectivity index (χ1n) is 10.4. The number of hydrogen-bond acceptors (Lipinski definition) is 7. The van der Waals surface area contributed by atoms with E-state index in [9.17, 15) is 14.4 Å². The van der Waals surface area contributed by atoms with Gasteiger partial charge in [-0.15, -0.1) is 0 Å². The number of hydrogen-bond donors (Lipinski definition) is 4. The number of halogens is 1. The van der Waals surface area contributed by atoms with Crippen molar-refractivity contribution in [2.75, 3.05) is 17.2 Å². The van der Waals surface area contributed by atoms with Crippen LogP contribution in [0.5, 0.6) is 0 Å². The molecular formula is C22H24BrN7O3. The van der Waals surface area contributed by atoms with E-state index in [0.717, 1.165) is 6.42 Å². The van der Waals surface area contributed by atoms with E-state index in [4.69, 9.17) is 11.1 Å². The highest BCUT2D eigenvalue weighted by Crippen LogP contribution is 2.59. The number of rotatable bonds is 7. The van der Waals surface area contributed by atoms with E-state index in [2.05, 4.69) is 43.5 Å². The number of primary amides is 1. The Kier molecular flexibility index (Phi) is 5.91. The number of aryl methyl sites for hydroxylation is 1. The highest BCUT2D eigenvalue weighted by atomic mass is 79.9. The lowest BCUT2D eigenvalue weighted by Gasteiger charge is -2.27. The molecule has 0 radical (unpaired) electrons. The van der Waals surface area contributed by atoms with E-state index in [1.165, 1.54) is 6.20 Å². The number of amides is 3. The van der Waals surface area contributed by atoms with Crippen LogP contribution < -0.4 is 16.4 Å². The third-order valence-corrected chi connectivity index (χ3v) is 6.62. The van der Waals surface area contributed by atoms with E-state index in [0.29, 0.717) is 28.2 Å². The summed E-state index contributed by atoms with van der Waals surface area (Å²) in [5.41, 5.74) is 6.06. The van der Waals surface area contributed by atoms with Gasteiger partial charge in [0.15, 0.2) is 0 Å². The summed E-state index contributed by atoms with van der Waals surface area (Å²) in [6.45, 7) is 3.69. The van der Waals surface area contributed by atoms with Crippen molar-refractivity contribution in [3.63, 3.8) is 0 Å². The topological polar surface area (TPSA) is 154 Å². The van der Waals surface area contributed by atoms with Gasteiger partial charge in [-0.2, -0.15) is 0 Å². The molecule has 5 N–H and O–H groups in total. The van der Waals surface area contributed by atoms with Crippen LogP contribution in [0.15, 0.2) is 35.1 Å². The monoisotopic (exact) mass is 513 g/mol. The Balaban J connectivity index is 1.49. The molecule has 1 aliphatic carbocycles. The lowest BCUT2D eigenvalue weighted by atomic mass is 10.0. The number of piperidine rings is 1. The second kappa shape index (κ2) is 8.54. The number of anilines is 2. The van der Waals surface area contributed by atoms with Crippen LogP contribution in [0.25, 0.3) is 0 Å². The maximum absolute atomic E-state index is 13.2. The quantitative estimate of drug-likeness (QED) is 0.327. The van der Waals surface area contributed by atoms with Crippen LogP contribution in [0.4, 0.5) is 11.5 Å². The SMILES string of the molecule is Cc1cc(C(=N)C(N)=O)c(NCC(=O)N2C3C[C@]3(C)C[C@H]2C(=O)Nc2cccc(Br)n2)cn1. The summed E-state index contributed by atoms with van der Waals surface area (Å²) in [5, 5.41) is 13.7. The minimum atomic E-state index is -0.874. The number of carbonyl (C=O) groups is 3. The Morgan fingerprint density at radius 2 is 2.09 bits per heavy atom. The lowest BCUT2D eigenvalue weighted by molar-refractivity contribution is -0.136. The van der Waals surface area contributed by atoms with E-state index in [-0.39, 0.29) is 41.1 Å². The molecule has 0 aromatic carbocycles. The highest BCUT2D eigenvalue weighted by Gasteiger charge is 2.64. The average molecular weight is 514 g/mol. The smallest absolute Gasteiger partial charge is 0.267 e. The Morgan fingerprint density at radius 1 is 1.33 bits per heavy atom. The number of nitrogens with zero attached hydrogens (tertiary/aromatic N) is 3. The summed E-state index contributed by atoms with van der Waals surface area (Å²) in [6, 6.07) is 6.17. The Labute approximate surface area is 199 Å². The fourth-order valence-corrected chi connectivity index (χ4v) is 4.69. The summed E-state index contributed by atoms with van der Waals surface area (Å²) < 4.78 is 0.600. The van der Waals surface area contributed by atoms with Gasteiger partial charge in [0, 0.05) is 17.3 Å². The van der Waals surface area contributed by atoms with Crippen LogP contribution in [0, 0.1) is 17.7 Å².